The molecule has 0 unspecified atom stereocenters. The molecule has 0 aromatic heterocycles. The van der Waals surface area contributed by atoms with E-state index in [-0.39, 0.29) is 27.4 Å². The summed E-state index contributed by atoms with van der Waals surface area (Å²) in [5.74, 6) is 0. The first-order valence-electron chi connectivity index (χ1n) is 9.32. The second-order valence-corrected chi connectivity index (χ2v) is 11.0. The fourth-order valence-corrected chi connectivity index (χ4v) is 10.5. The summed E-state index contributed by atoms with van der Waals surface area (Å²) in [4.78, 5) is 0. The summed E-state index contributed by atoms with van der Waals surface area (Å²) in [6.45, 7) is 0. The van der Waals surface area contributed by atoms with Crippen molar-refractivity contribution >= 4 is 7.92 Å². The SMILES string of the molecule is C1CCC([PH+](C2CCCCC2)C2CCCCC2)CC1.[Ru]. The number of rotatable bonds is 3. The van der Waals surface area contributed by atoms with Gasteiger partial charge in [0.25, 0.3) is 0 Å². The molecule has 3 aliphatic rings. The van der Waals surface area contributed by atoms with Crippen LogP contribution in [0.25, 0.3) is 0 Å². The molecule has 3 fully saturated rings. The molecule has 20 heavy (non-hydrogen) atoms. The van der Waals surface area contributed by atoms with E-state index < -0.39 is 0 Å². The molecule has 3 saturated carbocycles. The van der Waals surface area contributed by atoms with Crippen molar-refractivity contribution in [2.75, 3.05) is 0 Å². The van der Waals surface area contributed by atoms with E-state index in [0.717, 1.165) is 0 Å². The van der Waals surface area contributed by atoms with E-state index in [1.807, 2.05) is 0 Å². The molecule has 0 spiro atoms. The third kappa shape index (κ3) is 4.52. The van der Waals surface area contributed by atoms with Gasteiger partial charge in [0.1, 0.15) is 0 Å². The van der Waals surface area contributed by atoms with Gasteiger partial charge in [-0.2, -0.15) is 0 Å². The average molecular weight is 383 g/mol. The van der Waals surface area contributed by atoms with Crippen LogP contribution in [0.4, 0.5) is 0 Å². The molecule has 0 aliphatic heterocycles. The van der Waals surface area contributed by atoms with Crippen molar-refractivity contribution in [3.8, 4) is 0 Å². The largest absolute Gasteiger partial charge is 0.0680 e. The van der Waals surface area contributed by atoms with Crippen molar-refractivity contribution in [3.63, 3.8) is 0 Å². The zero-order chi connectivity index (χ0) is 12.9. The van der Waals surface area contributed by atoms with E-state index in [4.69, 9.17) is 0 Å². The Morgan fingerprint density at radius 2 is 0.650 bits per heavy atom. The van der Waals surface area contributed by atoms with Gasteiger partial charge in [-0.3, -0.25) is 0 Å². The maximum atomic E-state index is 1.63. The molecule has 3 rings (SSSR count). The maximum Gasteiger partial charge on any atom is 0.0680 e. The predicted molar refractivity (Wildman–Crippen MR) is 88.9 cm³/mol. The van der Waals surface area contributed by atoms with E-state index >= 15 is 0 Å². The van der Waals surface area contributed by atoms with Gasteiger partial charge in [-0.05, 0) is 77.0 Å². The van der Waals surface area contributed by atoms with Gasteiger partial charge in [-0.15, -0.1) is 0 Å². The second kappa shape index (κ2) is 9.25. The molecule has 0 saturated heterocycles. The van der Waals surface area contributed by atoms with Crippen LogP contribution < -0.4 is 0 Å². The molecule has 2 heteroatoms. The molecular formula is C18H34PRu+. The smallest absolute Gasteiger partial charge is 0.0530 e. The fraction of sp³-hybridized carbons (Fsp3) is 1.00. The minimum absolute atomic E-state index is 0. The molecule has 0 amide bonds. The summed E-state index contributed by atoms with van der Waals surface area (Å²) in [5.41, 5.74) is 3.68. The van der Waals surface area contributed by atoms with Gasteiger partial charge in [0.15, 0.2) is 0 Å². The zero-order valence-corrected chi connectivity index (χ0v) is 15.9. The monoisotopic (exact) mass is 383 g/mol. The third-order valence-electron chi connectivity index (χ3n) is 6.23. The molecule has 118 valence electrons. The van der Waals surface area contributed by atoms with Gasteiger partial charge in [0, 0.05) is 27.4 Å². The van der Waals surface area contributed by atoms with Crippen molar-refractivity contribution in [3.05, 3.63) is 0 Å². The average Bonchev–Trinajstić information content (AvgIpc) is 2.51. The van der Waals surface area contributed by atoms with Crippen molar-refractivity contribution < 1.29 is 19.5 Å². The summed E-state index contributed by atoms with van der Waals surface area (Å²) in [7, 11) is -0.0465. The first-order chi connectivity index (χ1) is 9.45. The summed E-state index contributed by atoms with van der Waals surface area (Å²) >= 11 is 0. The molecule has 0 bridgehead atoms. The van der Waals surface area contributed by atoms with E-state index in [1.54, 1.807) is 96.3 Å². The Hall–Kier alpha value is 1.05. The van der Waals surface area contributed by atoms with Crippen LogP contribution in [0, 0.1) is 0 Å². The Morgan fingerprint density at radius 3 is 0.900 bits per heavy atom. The third-order valence-corrected chi connectivity index (χ3v) is 10.8. The number of hydrogen-bond donors (Lipinski definition) is 0. The predicted octanol–water partition coefficient (Wildman–Crippen LogP) is 6.20. The Balaban J connectivity index is 0.00000147. The van der Waals surface area contributed by atoms with E-state index in [0.29, 0.717) is 0 Å². The van der Waals surface area contributed by atoms with Crippen molar-refractivity contribution in [1.82, 2.24) is 0 Å². The van der Waals surface area contributed by atoms with Crippen LogP contribution in [0.2, 0.25) is 0 Å². The molecule has 0 atom stereocenters. The minimum Gasteiger partial charge on any atom is -0.0530 e. The molecule has 0 aromatic rings. The first kappa shape index (κ1) is 17.4. The molecule has 0 radical (unpaired) electrons. The first-order valence-corrected chi connectivity index (χ1v) is 11.0. The Labute approximate surface area is 140 Å². The molecule has 0 nitrogen and oxygen atoms in total. The van der Waals surface area contributed by atoms with Crippen molar-refractivity contribution in [2.24, 2.45) is 0 Å². The van der Waals surface area contributed by atoms with Crippen LogP contribution in [0.15, 0.2) is 0 Å². The summed E-state index contributed by atoms with van der Waals surface area (Å²) < 4.78 is 0. The van der Waals surface area contributed by atoms with E-state index in [9.17, 15) is 0 Å². The van der Waals surface area contributed by atoms with Gasteiger partial charge < -0.3 is 0 Å². The van der Waals surface area contributed by atoms with Crippen LogP contribution in [0.3, 0.4) is 0 Å². The van der Waals surface area contributed by atoms with Gasteiger partial charge in [0.2, 0.25) is 0 Å². The maximum absolute atomic E-state index is 1.63. The Kier molecular flexibility index (Phi) is 8.05. The van der Waals surface area contributed by atoms with Crippen LogP contribution in [-0.2, 0) is 19.5 Å². The van der Waals surface area contributed by atoms with Gasteiger partial charge in [-0.1, -0.05) is 19.3 Å². The van der Waals surface area contributed by atoms with E-state index in [2.05, 4.69) is 0 Å². The van der Waals surface area contributed by atoms with Gasteiger partial charge in [-0.25, -0.2) is 0 Å². The van der Waals surface area contributed by atoms with E-state index in [1.165, 1.54) is 17.0 Å². The van der Waals surface area contributed by atoms with Crippen LogP contribution in [-0.4, -0.2) is 17.0 Å². The molecular weight excluding hydrogens is 348 g/mol. The normalized spacial score (nSPS) is 27.4. The minimum atomic E-state index is -0.0465. The zero-order valence-electron chi connectivity index (χ0n) is 13.2. The summed E-state index contributed by atoms with van der Waals surface area (Å²) in [6, 6.07) is 0. The van der Waals surface area contributed by atoms with Crippen LogP contribution in [0.1, 0.15) is 96.3 Å². The fourth-order valence-electron chi connectivity index (χ4n) is 5.31. The topological polar surface area (TPSA) is 0 Å². The molecule has 0 aromatic carbocycles. The van der Waals surface area contributed by atoms with Crippen molar-refractivity contribution in [2.45, 2.75) is 113 Å². The molecule has 0 N–H and O–H groups in total. The Morgan fingerprint density at radius 1 is 0.400 bits per heavy atom. The van der Waals surface area contributed by atoms with Gasteiger partial charge >= 0.3 is 0 Å². The van der Waals surface area contributed by atoms with Crippen LogP contribution >= 0.6 is 7.92 Å². The van der Waals surface area contributed by atoms with Crippen LogP contribution in [0.5, 0.6) is 0 Å². The Bertz CT molecular complexity index is 207. The molecule has 0 heterocycles. The summed E-state index contributed by atoms with van der Waals surface area (Å²) in [5, 5.41) is 0. The quantitative estimate of drug-likeness (QED) is 0.403. The van der Waals surface area contributed by atoms with Crippen molar-refractivity contribution in [1.29, 1.82) is 0 Å². The second-order valence-electron chi connectivity index (χ2n) is 7.50. The summed E-state index contributed by atoms with van der Waals surface area (Å²) in [6.07, 6.45) is 23.8. The standard InChI is InChI=1S/C18H33P.Ru/c1-4-10-16(11-5-1)19(17-12-6-2-7-13-17)18-14-8-3-9-15-18;/h16-18H,1-15H2;/p+1. The molecule has 3 aliphatic carbocycles. The van der Waals surface area contributed by atoms with Gasteiger partial charge in [0.05, 0.1) is 17.0 Å². The number of hydrogen-bond acceptors (Lipinski definition) is 0.